The molecule has 0 aliphatic heterocycles. The monoisotopic (exact) mass is 462 g/mol. The van der Waals surface area contributed by atoms with Crippen molar-refractivity contribution in [2.75, 3.05) is 6.54 Å². The molecule has 0 saturated heterocycles. The first kappa shape index (κ1) is 34.8. The zero-order valence-electron chi connectivity index (χ0n) is 21.6. The van der Waals surface area contributed by atoms with E-state index in [-0.39, 0.29) is 18.3 Å². The molecule has 1 aromatic carbocycles. The Hall–Kier alpha value is -2.81. The van der Waals surface area contributed by atoms with Gasteiger partial charge in [0.2, 0.25) is 5.91 Å². The third-order valence-corrected chi connectivity index (χ3v) is 4.29. The van der Waals surface area contributed by atoms with Crippen molar-refractivity contribution in [1.82, 2.24) is 10.6 Å². The van der Waals surface area contributed by atoms with Crippen LogP contribution in [0.1, 0.15) is 92.1 Å². The largest absolute Gasteiger partial charge is 0.445 e. The van der Waals surface area contributed by atoms with E-state index in [1.165, 1.54) is 39.5 Å². The molecule has 0 fully saturated rings. The van der Waals surface area contributed by atoms with Gasteiger partial charge in [0.05, 0.1) is 6.04 Å². The molecule has 0 heterocycles. The summed E-state index contributed by atoms with van der Waals surface area (Å²) in [5.41, 5.74) is 0.886. The lowest BCUT2D eigenvalue weighted by molar-refractivity contribution is -0.120. The summed E-state index contributed by atoms with van der Waals surface area (Å²) in [6, 6.07) is 8.77. The van der Waals surface area contributed by atoms with E-state index in [4.69, 9.17) is 4.74 Å². The van der Waals surface area contributed by atoms with Gasteiger partial charge in [-0.2, -0.15) is 0 Å². The van der Waals surface area contributed by atoms with Gasteiger partial charge in [-0.3, -0.25) is 9.59 Å². The number of nitrogens with one attached hydrogen (secondary N) is 2. The van der Waals surface area contributed by atoms with Crippen LogP contribution in [0.15, 0.2) is 30.3 Å². The number of carbonyl (C=O) groups is 3. The molecule has 2 N–H and O–H groups in total. The molecule has 0 radical (unpaired) electrons. The minimum absolute atomic E-state index is 0.0734. The summed E-state index contributed by atoms with van der Waals surface area (Å²) in [5.74, 6) is -0.183. The smallest absolute Gasteiger partial charge is 0.408 e. The summed E-state index contributed by atoms with van der Waals surface area (Å²) in [6.45, 7) is 12.4. The van der Waals surface area contributed by atoms with Crippen LogP contribution in [0.25, 0.3) is 0 Å². The van der Waals surface area contributed by atoms with Crippen molar-refractivity contribution in [3.05, 3.63) is 35.9 Å². The van der Waals surface area contributed by atoms with Crippen LogP contribution in [0.4, 0.5) is 4.79 Å². The lowest BCUT2D eigenvalue weighted by Gasteiger charge is -2.16. The highest BCUT2D eigenvalue weighted by Crippen LogP contribution is 2.04. The van der Waals surface area contributed by atoms with Crippen LogP contribution < -0.4 is 10.6 Å². The third-order valence-electron chi connectivity index (χ3n) is 4.29. The first-order valence-corrected chi connectivity index (χ1v) is 11.9. The fraction of sp³-hybridized carbons (Fsp3) is 0.593. The number of ketones is 1. The van der Waals surface area contributed by atoms with Crippen LogP contribution in [0, 0.1) is 12.8 Å². The zero-order chi connectivity index (χ0) is 25.9. The Morgan fingerprint density at radius 1 is 0.879 bits per heavy atom. The third kappa shape index (κ3) is 27.2. The molecular formula is C27H46N2O4. The molecule has 1 aromatic rings. The normalized spacial score (nSPS) is 9.82. The second-order valence-corrected chi connectivity index (χ2v) is 7.35. The van der Waals surface area contributed by atoms with E-state index in [0.717, 1.165) is 18.4 Å². The minimum Gasteiger partial charge on any atom is -0.445 e. The van der Waals surface area contributed by atoms with Crippen molar-refractivity contribution in [1.29, 1.82) is 0 Å². The van der Waals surface area contributed by atoms with E-state index in [2.05, 4.69) is 51.2 Å². The lowest BCUT2D eigenvalue weighted by Crippen LogP contribution is -2.40. The number of hydrogen-bond donors (Lipinski definition) is 2. The molecule has 2 amide bonds. The van der Waals surface area contributed by atoms with Crippen molar-refractivity contribution in [3.63, 3.8) is 0 Å². The topological polar surface area (TPSA) is 84.5 Å². The number of hydrogen-bond acceptors (Lipinski definition) is 4. The second-order valence-electron chi connectivity index (χ2n) is 7.35. The highest BCUT2D eigenvalue weighted by atomic mass is 16.5. The van der Waals surface area contributed by atoms with Gasteiger partial charge in [0.1, 0.15) is 6.61 Å². The number of amides is 2. The first-order chi connectivity index (χ1) is 15.8. The van der Waals surface area contributed by atoms with Crippen LogP contribution in [0.3, 0.4) is 0 Å². The maximum atomic E-state index is 11.8. The predicted molar refractivity (Wildman–Crippen MR) is 138 cm³/mol. The number of carbonyl (C=O) groups excluding carboxylic acids is 3. The van der Waals surface area contributed by atoms with E-state index in [9.17, 15) is 14.4 Å². The molecule has 33 heavy (non-hydrogen) atoms. The summed E-state index contributed by atoms with van der Waals surface area (Å²) in [5, 5.41) is 5.28. The molecule has 1 atom stereocenters. The molecule has 1 rings (SSSR count). The Kier molecular flexibility index (Phi) is 28.7. The van der Waals surface area contributed by atoms with E-state index in [0.29, 0.717) is 13.0 Å². The van der Waals surface area contributed by atoms with Crippen molar-refractivity contribution >= 4 is 17.8 Å². The minimum atomic E-state index is -0.601. The van der Waals surface area contributed by atoms with Crippen molar-refractivity contribution in [2.45, 2.75) is 99.1 Å². The van der Waals surface area contributed by atoms with E-state index < -0.39 is 12.1 Å². The number of unbranched alkanes of at least 4 members (excludes halogenated alkanes) is 3. The molecule has 0 spiro atoms. The fourth-order valence-corrected chi connectivity index (χ4v) is 2.02. The Morgan fingerprint density at radius 2 is 1.39 bits per heavy atom. The van der Waals surface area contributed by atoms with E-state index >= 15 is 0 Å². The van der Waals surface area contributed by atoms with Gasteiger partial charge >= 0.3 is 6.09 Å². The SMILES string of the molecule is C#C.CC(=O)NCCCC[C@H](NC(=O)OCc1ccccc1)C(C)=O.CCCC.CCCC. The molecule has 0 bridgehead atoms. The first-order valence-electron chi connectivity index (χ1n) is 11.9. The standard InChI is InChI=1S/C17H24N2O4.2C4H10.C2H2/c1-13(20)16(10-6-7-11-18-14(2)21)19-17(22)23-12-15-8-4-3-5-9-15;2*1-3-4-2;1-2/h3-5,8-9,16H,6-7,10-12H2,1-2H3,(H,18,21)(H,19,22);2*3-4H2,1-2H3;1-2H/t16-;;;/m0.../s1. The number of ether oxygens (including phenoxy) is 1. The fourth-order valence-electron chi connectivity index (χ4n) is 2.02. The van der Waals surface area contributed by atoms with Crippen molar-refractivity contribution in [3.8, 4) is 12.8 Å². The number of benzene rings is 1. The molecule has 0 aromatic heterocycles. The summed E-state index contributed by atoms with van der Waals surface area (Å²) in [6.07, 6.45) is 14.7. The van der Waals surface area contributed by atoms with Gasteiger partial charge < -0.3 is 15.4 Å². The van der Waals surface area contributed by atoms with Crippen LogP contribution in [-0.4, -0.2) is 30.4 Å². The summed E-state index contributed by atoms with van der Waals surface area (Å²) in [4.78, 5) is 34.1. The van der Waals surface area contributed by atoms with E-state index in [1.54, 1.807) is 0 Å². The van der Waals surface area contributed by atoms with E-state index in [1.807, 2.05) is 30.3 Å². The molecule has 6 nitrogen and oxygen atoms in total. The maximum absolute atomic E-state index is 11.8. The van der Waals surface area contributed by atoms with Crippen LogP contribution in [0.5, 0.6) is 0 Å². The Balaban J connectivity index is -0.000000762. The Morgan fingerprint density at radius 3 is 1.82 bits per heavy atom. The average molecular weight is 463 g/mol. The van der Waals surface area contributed by atoms with Gasteiger partial charge in [-0.25, -0.2) is 4.79 Å². The number of Topliss-reactive ketones (excluding diaryl/α,β-unsaturated/α-hetero) is 1. The molecule has 0 saturated carbocycles. The van der Waals surface area contributed by atoms with Crippen molar-refractivity contribution < 1.29 is 19.1 Å². The maximum Gasteiger partial charge on any atom is 0.408 e. The number of terminal acetylenes is 1. The molecular weight excluding hydrogens is 416 g/mol. The van der Waals surface area contributed by atoms with Gasteiger partial charge in [-0.1, -0.05) is 83.7 Å². The molecule has 188 valence electrons. The Bertz CT molecular complexity index is 607. The summed E-state index contributed by atoms with van der Waals surface area (Å²) in [7, 11) is 0. The predicted octanol–water partition coefficient (Wildman–Crippen LogP) is 6.04. The zero-order valence-corrected chi connectivity index (χ0v) is 21.6. The second kappa shape index (κ2) is 27.2. The Labute approximate surface area is 202 Å². The number of rotatable bonds is 11. The number of alkyl carbamates (subject to hydrolysis) is 1. The summed E-state index contributed by atoms with van der Waals surface area (Å²) < 4.78 is 5.11. The highest BCUT2D eigenvalue weighted by Gasteiger charge is 2.17. The molecule has 0 aliphatic carbocycles. The summed E-state index contributed by atoms with van der Waals surface area (Å²) >= 11 is 0. The highest BCUT2D eigenvalue weighted by molar-refractivity contribution is 5.85. The van der Waals surface area contributed by atoms with Crippen LogP contribution in [-0.2, 0) is 20.9 Å². The average Bonchev–Trinajstić information content (AvgIpc) is 2.83. The van der Waals surface area contributed by atoms with Gasteiger partial charge in [0.15, 0.2) is 5.78 Å². The van der Waals surface area contributed by atoms with Crippen LogP contribution in [0.2, 0.25) is 0 Å². The van der Waals surface area contributed by atoms with Gasteiger partial charge in [0.25, 0.3) is 0 Å². The van der Waals surface area contributed by atoms with Gasteiger partial charge in [0, 0.05) is 13.5 Å². The van der Waals surface area contributed by atoms with Gasteiger partial charge in [-0.05, 0) is 31.7 Å². The van der Waals surface area contributed by atoms with Gasteiger partial charge in [-0.15, -0.1) is 12.8 Å². The molecule has 0 unspecified atom stereocenters. The van der Waals surface area contributed by atoms with Crippen molar-refractivity contribution in [2.24, 2.45) is 0 Å². The van der Waals surface area contributed by atoms with Crippen LogP contribution >= 0.6 is 0 Å². The lowest BCUT2D eigenvalue weighted by atomic mass is 10.1. The quantitative estimate of drug-likeness (QED) is 0.310. The molecule has 6 heteroatoms. The molecule has 0 aliphatic rings.